The standard InChI is InChI=1S/C17H26N2O.ClH/c1-12-4-7-16(13(2)8-12)9-14(3)19-17(20)11-18-10-15-5-6-15;/h4,7-8,14-15,18H,5-6,9-11H2,1-3H3,(H,19,20);1H. The molecule has 1 fully saturated rings. The van der Waals surface area contributed by atoms with Gasteiger partial charge in [-0.3, -0.25) is 4.79 Å². The lowest BCUT2D eigenvalue weighted by molar-refractivity contribution is -0.120. The Kier molecular flexibility index (Phi) is 7.20. The van der Waals surface area contributed by atoms with E-state index in [2.05, 4.69) is 49.6 Å². The summed E-state index contributed by atoms with van der Waals surface area (Å²) in [7, 11) is 0. The first-order chi connectivity index (χ1) is 9.54. The Hall–Kier alpha value is -1.06. The number of amides is 1. The summed E-state index contributed by atoms with van der Waals surface area (Å²) in [4.78, 5) is 11.8. The summed E-state index contributed by atoms with van der Waals surface area (Å²) in [6.45, 7) is 7.73. The summed E-state index contributed by atoms with van der Waals surface area (Å²) in [5, 5.41) is 6.29. The summed E-state index contributed by atoms with van der Waals surface area (Å²) in [5.41, 5.74) is 3.90. The molecule has 3 nitrogen and oxygen atoms in total. The van der Waals surface area contributed by atoms with Crippen LogP contribution < -0.4 is 10.6 Å². The summed E-state index contributed by atoms with van der Waals surface area (Å²) in [5.74, 6) is 0.915. The number of hydrogen-bond acceptors (Lipinski definition) is 2. The van der Waals surface area contributed by atoms with Crippen LogP contribution in [0.1, 0.15) is 36.5 Å². The molecule has 1 atom stereocenters. The van der Waals surface area contributed by atoms with Crippen molar-refractivity contribution in [2.75, 3.05) is 13.1 Å². The van der Waals surface area contributed by atoms with E-state index >= 15 is 0 Å². The quantitative estimate of drug-likeness (QED) is 0.813. The van der Waals surface area contributed by atoms with E-state index in [0.29, 0.717) is 6.54 Å². The van der Waals surface area contributed by atoms with Crippen molar-refractivity contribution in [3.63, 3.8) is 0 Å². The zero-order valence-electron chi connectivity index (χ0n) is 13.2. The Labute approximate surface area is 134 Å². The van der Waals surface area contributed by atoms with Crippen molar-refractivity contribution in [1.82, 2.24) is 10.6 Å². The van der Waals surface area contributed by atoms with Gasteiger partial charge >= 0.3 is 0 Å². The molecule has 0 radical (unpaired) electrons. The lowest BCUT2D eigenvalue weighted by Gasteiger charge is -2.16. The highest BCUT2D eigenvalue weighted by Crippen LogP contribution is 2.27. The van der Waals surface area contributed by atoms with Crippen LogP contribution >= 0.6 is 12.4 Å². The average molecular weight is 311 g/mol. The molecule has 2 N–H and O–H groups in total. The summed E-state index contributed by atoms with van der Waals surface area (Å²) in [6, 6.07) is 6.67. The van der Waals surface area contributed by atoms with Crippen molar-refractivity contribution in [3.8, 4) is 0 Å². The molecule has 0 aromatic heterocycles. The summed E-state index contributed by atoms with van der Waals surface area (Å²) >= 11 is 0. The molecule has 1 aromatic rings. The second-order valence-electron chi connectivity index (χ2n) is 6.18. The number of carbonyl (C=O) groups is 1. The van der Waals surface area contributed by atoms with Crippen molar-refractivity contribution in [2.24, 2.45) is 5.92 Å². The molecule has 4 heteroatoms. The predicted molar refractivity (Wildman–Crippen MR) is 90.1 cm³/mol. The van der Waals surface area contributed by atoms with Gasteiger partial charge in [0.15, 0.2) is 0 Å². The van der Waals surface area contributed by atoms with Crippen molar-refractivity contribution in [1.29, 1.82) is 0 Å². The molecular weight excluding hydrogens is 284 g/mol. The van der Waals surface area contributed by atoms with E-state index in [-0.39, 0.29) is 24.4 Å². The Morgan fingerprint density at radius 2 is 2.05 bits per heavy atom. The third kappa shape index (κ3) is 6.49. The maximum absolute atomic E-state index is 11.8. The Balaban J connectivity index is 0.00000220. The van der Waals surface area contributed by atoms with Gasteiger partial charge in [-0.25, -0.2) is 0 Å². The summed E-state index contributed by atoms with van der Waals surface area (Å²) in [6.07, 6.45) is 3.52. The van der Waals surface area contributed by atoms with E-state index in [1.165, 1.54) is 29.5 Å². The molecule has 0 spiro atoms. The van der Waals surface area contributed by atoms with Gasteiger partial charge in [0, 0.05) is 6.04 Å². The van der Waals surface area contributed by atoms with Crippen LogP contribution in [0, 0.1) is 19.8 Å². The lowest BCUT2D eigenvalue weighted by Crippen LogP contribution is -2.40. The number of aryl methyl sites for hydroxylation is 2. The van der Waals surface area contributed by atoms with E-state index < -0.39 is 0 Å². The molecule has 1 saturated carbocycles. The molecule has 1 amide bonds. The molecule has 2 rings (SSSR count). The number of hydrogen-bond donors (Lipinski definition) is 2. The molecule has 0 saturated heterocycles. The van der Waals surface area contributed by atoms with Crippen molar-refractivity contribution < 1.29 is 4.79 Å². The number of rotatable bonds is 7. The molecular formula is C17H27ClN2O. The molecule has 118 valence electrons. The molecule has 0 aliphatic heterocycles. The fourth-order valence-electron chi connectivity index (χ4n) is 2.49. The van der Waals surface area contributed by atoms with Gasteiger partial charge in [0.2, 0.25) is 5.91 Å². The number of halogens is 1. The SMILES string of the molecule is Cc1ccc(CC(C)NC(=O)CNCC2CC2)c(C)c1.Cl. The molecule has 0 bridgehead atoms. The minimum atomic E-state index is 0. The smallest absolute Gasteiger partial charge is 0.234 e. The van der Waals surface area contributed by atoms with E-state index in [4.69, 9.17) is 0 Å². The van der Waals surface area contributed by atoms with Crippen LogP contribution in [0.4, 0.5) is 0 Å². The van der Waals surface area contributed by atoms with Crippen molar-refractivity contribution in [2.45, 2.75) is 46.1 Å². The average Bonchev–Trinajstić information content (AvgIpc) is 3.17. The monoisotopic (exact) mass is 310 g/mol. The van der Waals surface area contributed by atoms with Gasteiger partial charge in [-0.15, -0.1) is 12.4 Å². The number of carbonyl (C=O) groups excluding carboxylic acids is 1. The first-order valence-corrected chi connectivity index (χ1v) is 7.61. The van der Waals surface area contributed by atoms with Crippen LogP contribution in [0.2, 0.25) is 0 Å². The van der Waals surface area contributed by atoms with Gasteiger partial charge in [-0.2, -0.15) is 0 Å². The van der Waals surface area contributed by atoms with Gasteiger partial charge in [-0.05, 0) is 63.6 Å². The normalized spacial score (nSPS) is 15.2. The van der Waals surface area contributed by atoms with E-state index in [9.17, 15) is 4.79 Å². The number of benzene rings is 1. The van der Waals surface area contributed by atoms with E-state index in [1.807, 2.05) is 0 Å². The second-order valence-corrected chi connectivity index (χ2v) is 6.18. The van der Waals surface area contributed by atoms with Crippen LogP contribution in [0.5, 0.6) is 0 Å². The molecule has 21 heavy (non-hydrogen) atoms. The Morgan fingerprint density at radius 3 is 2.67 bits per heavy atom. The molecule has 1 aliphatic carbocycles. The molecule has 0 heterocycles. The maximum atomic E-state index is 11.8. The van der Waals surface area contributed by atoms with Gasteiger partial charge in [-0.1, -0.05) is 23.8 Å². The minimum Gasteiger partial charge on any atom is -0.352 e. The van der Waals surface area contributed by atoms with Gasteiger partial charge in [0.1, 0.15) is 0 Å². The highest BCUT2D eigenvalue weighted by atomic mass is 35.5. The fraction of sp³-hybridized carbons (Fsp3) is 0.588. The Morgan fingerprint density at radius 1 is 1.33 bits per heavy atom. The highest BCUT2D eigenvalue weighted by Gasteiger charge is 2.20. The highest BCUT2D eigenvalue weighted by molar-refractivity contribution is 5.85. The van der Waals surface area contributed by atoms with Crippen LogP contribution in [-0.2, 0) is 11.2 Å². The third-order valence-electron chi connectivity index (χ3n) is 3.85. The number of nitrogens with one attached hydrogen (secondary N) is 2. The zero-order chi connectivity index (χ0) is 14.5. The third-order valence-corrected chi connectivity index (χ3v) is 3.85. The van der Waals surface area contributed by atoms with Crippen molar-refractivity contribution >= 4 is 18.3 Å². The van der Waals surface area contributed by atoms with E-state index in [1.54, 1.807) is 0 Å². The molecule has 1 aliphatic rings. The van der Waals surface area contributed by atoms with Gasteiger partial charge in [0.05, 0.1) is 6.54 Å². The molecule has 1 aromatic carbocycles. The van der Waals surface area contributed by atoms with Crippen LogP contribution in [-0.4, -0.2) is 25.0 Å². The maximum Gasteiger partial charge on any atom is 0.234 e. The Bertz CT molecular complexity index is 472. The van der Waals surface area contributed by atoms with Gasteiger partial charge in [0.25, 0.3) is 0 Å². The lowest BCUT2D eigenvalue weighted by atomic mass is 10.00. The van der Waals surface area contributed by atoms with Crippen LogP contribution in [0.15, 0.2) is 18.2 Å². The van der Waals surface area contributed by atoms with E-state index in [0.717, 1.165) is 18.9 Å². The largest absolute Gasteiger partial charge is 0.352 e. The minimum absolute atomic E-state index is 0. The zero-order valence-corrected chi connectivity index (χ0v) is 14.1. The molecule has 1 unspecified atom stereocenters. The predicted octanol–water partition coefficient (Wildman–Crippen LogP) is 2.77. The fourth-order valence-corrected chi connectivity index (χ4v) is 2.49. The topological polar surface area (TPSA) is 41.1 Å². The van der Waals surface area contributed by atoms with Gasteiger partial charge < -0.3 is 10.6 Å². The first-order valence-electron chi connectivity index (χ1n) is 7.61. The van der Waals surface area contributed by atoms with Crippen LogP contribution in [0.25, 0.3) is 0 Å². The second kappa shape index (κ2) is 8.40. The van der Waals surface area contributed by atoms with Crippen LogP contribution in [0.3, 0.4) is 0 Å². The van der Waals surface area contributed by atoms with Crippen molar-refractivity contribution in [3.05, 3.63) is 34.9 Å². The first kappa shape index (κ1) is 18.0. The summed E-state index contributed by atoms with van der Waals surface area (Å²) < 4.78 is 0.